The van der Waals surface area contributed by atoms with Crippen LogP contribution in [-0.4, -0.2) is 20.6 Å². The molecule has 2 heterocycles. The van der Waals surface area contributed by atoms with Crippen LogP contribution in [0.2, 0.25) is 9.36 Å². The molecule has 28 heavy (non-hydrogen) atoms. The van der Waals surface area contributed by atoms with Gasteiger partial charge in [-0.3, -0.25) is 4.79 Å². The van der Waals surface area contributed by atoms with Crippen molar-refractivity contribution in [1.82, 2.24) is 9.55 Å². The second-order valence-electron chi connectivity index (χ2n) is 7.28. The van der Waals surface area contributed by atoms with Crippen LogP contribution in [0.3, 0.4) is 0 Å². The highest BCUT2D eigenvalue weighted by Gasteiger charge is 2.29. The molecule has 0 unspecified atom stereocenters. The number of anilines is 1. The molecule has 1 aliphatic rings. The van der Waals surface area contributed by atoms with Crippen molar-refractivity contribution in [2.24, 2.45) is 5.92 Å². The number of nitrogens with one attached hydrogen (secondary N) is 1. The van der Waals surface area contributed by atoms with Crippen LogP contribution in [0.1, 0.15) is 44.6 Å². The van der Waals surface area contributed by atoms with Crippen LogP contribution in [0.25, 0.3) is 10.8 Å². The highest BCUT2D eigenvalue weighted by atomic mass is 35.5. The highest BCUT2D eigenvalue weighted by Crippen LogP contribution is 2.38. The van der Waals surface area contributed by atoms with E-state index in [0.29, 0.717) is 32.2 Å². The van der Waals surface area contributed by atoms with E-state index in [1.165, 1.54) is 36.8 Å². The third-order valence-corrected chi connectivity index (χ3v) is 6.79. The van der Waals surface area contributed by atoms with Gasteiger partial charge in [0.1, 0.15) is 10.4 Å². The van der Waals surface area contributed by atoms with Crippen molar-refractivity contribution in [3.63, 3.8) is 0 Å². The van der Waals surface area contributed by atoms with E-state index in [4.69, 9.17) is 23.2 Å². The van der Waals surface area contributed by atoms with Crippen molar-refractivity contribution in [1.29, 1.82) is 0 Å². The Morgan fingerprint density at radius 2 is 2.07 bits per heavy atom. The van der Waals surface area contributed by atoms with E-state index in [1.54, 1.807) is 22.9 Å². The molecule has 1 amide bonds. The number of thiazole rings is 1. The molecule has 8 heteroatoms. The van der Waals surface area contributed by atoms with Crippen molar-refractivity contribution in [2.75, 3.05) is 5.32 Å². The molecular formula is C20H21Cl2N3O2S. The zero-order valence-corrected chi connectivity index (χ0v) is 17.5. The van der Waals surface area contributed by atoms with Gasteiger partial charge >= 0.3 is 0 Å². The van der Waals surface area contributed by atoms with Gasteiger partial charge in [-0.15, -0.1) is 0 Å². The molecule has 1 aromatic carbocycles. The number of fused-ring (bicyclic) bond motifs is 1. The number of benzene rings is 1. The monoisotopic (exact) mass is 437 g/mol. The molecule has 148 valence electrons. The molecule has 5 nitrogen and oxygen atoms in total. The topological polar surface area (TPSA) is 67.2 Å². The molecule has 1 fully saturated rings. The molecule has 1 atom stereocenters. The van der Waals surface area contributed by atoms with Crippen molar-refractivity contribution in [2.45, 2.75) is 44.6 Å². The van der Waals surface area contributed by atoms with Crippen LogP contribution < -0.4 is 5.32 Å². The zero-order chi connectivity index (χ0) is 19.7. The van der Waals surface area contributed by atoms with Gasteiger partial charge < -0.3 is 15.0 Å². The number of aromatic hydroxyl groups is 1. The molecule has 0 radical (unpaired) electrons. The van der Waals surface area contributed by atoms with Gasteiger partial charge in [-0.25, -0.2) is 4.98 Å². The number of halogens is 2. The number of carbonyl (C=O) groups is 1. The largest absolute Gasteiger partial charge is 0.494 e. The number of amides is 1. The Kier molecular flexibility index (Phi) is 5.80. The number of aromatic nitrogens is 2. The van der Waals surface area contributed by atoms with Crippen molar-refractivity contribution in [3.05, 3.63) is 40.0 Å². The van der Waals surface area contributed by atoms with Gasteiger partial charge in [0.15, 0.2) is 11.0 Å². The lowest BCUT2D eigenvalue weighted by molar-refractivity contribution is -0.120. The van der Waals surface area contributed by atoms with Crippen molar-refractivity contribution < 1.29 is 9.90 Å². The van der Waals surface area contributed by atoms with Crippen molar-refractivity contribution >= 4 is 56.3 Å². The standard InChI is InChI=1S/C20H21Cl2N3O2S/c21-15-8-4-7-13-14(15)11-25(19(13)27)16(9-12-5-2-1-3-6-12)18(26)24-20-23-10-17(22)28-20/h4,7-8,10-12,16,27H,1-3,5-6,9H2,(H,23,24,26)/t16-/m0/s1. The Labute approximate surface area is 177 Å². The summed E-state index contributed by atoms with van der Waals surface area (Å²) in [6.07, 6.45) is 9.79. The summed E-state index contributed by atoms with van der Waals surface area (Å²) in [5.74, 6) is 0.304. The molecule has 0 spiro atoms. The van der Waals surface area contributed by atoms with Gasteiger partial charge in [0.2, 0.25) is 5.91 Å². The summed E-state index contributed by atoms with van der Waals surface area (Å²) < 4.78 is 2.16. The summed E-state index contributed by atoms with van der Waals surface area (Å²) in [6.45, 7) is 0. The summed E-state index contributed by atoms with van der Waals surface area (Å²) in [5, 5.41) is 16.1. The average molecular weight is 438 g/mol. The fourth-order valence-electron chi connectivity index (χ4n) is 4.03. The lowest BCUT2D eigenvalue weighted by Gasteiger charge is -2.27. The predicted molar refractivity (Wildman–Crippen MR) is 115 cm³/mol. The molecular weight excluding hydrogens is 417 g/mol. The van der Waals surface area contributed by atoms with Crippen LogP contribution >= 0.6 is 34.5 Å². The third kappa shape index (κ3) is 4.00. The van der Waals surface area contributed by atoms with Gasteiger partial charge in [-0.05, 0) is 24.5 Å². The number of rotatable bonds is 5. The summed E-state index contributed by atoms with van der Waals surface area (Å²) in [4.78, 5) is 17.3. The smallest absolute Gasteiger partial charge is 0.249 e. The number of hydrogen-bond donors (Lipinski definition) is 2. The first-order valence-corrected chi connectivity index (χ1v) is 11.0. The molecule has 2 N–H and O–H groups in total. The van der Waals surface area contributed by atoms with E-state index in [0.717, 1.165) is 18.2 Å². The fourth-order valence-corrected chi connectivity index (χ4v) is 5.07. The Bertz CT molecular complexity index is 995. The zero-order valence-electron chi connectivity index (χ0n) is 15.2. The van der Waals surface area contributed by atoms with Gasteiger partial charge in [0.05, 0.1) is 11.2 Å². The Hall–Kier alpha value is -1.76. The van der Waals surface area contributed by atoms with Gasteiger partial charge in [-0.2, -0.15) is 0 Å². The quantitative estimate of drug-likeness (QED) is 0.494. The number of carbonyl (C=O) groups excluding carboxylic acids is 1. The van der Waals surface area contributed by atoms with Crippen LogP contribution in [0.15, 0.2) is 30.6 Å². The molecule has 0 saturated heterocycles. The van der Waals surface area contributed by atoms with E-state index >= 15 is 0 Å². The molecule has 3 aromatic rings. The molecule has 4 rings (SSSR count). The fraction of sp³-hybridized carbons (Fsp3) is 0.400. The third-order valence-electron chi connectivity index (χ3n) is 5.43. The first-order chi connectivity index (χ1) is 13.5. The minimum atomic E-state index is -0.547. The molecule has 0 aliphatic heterocycles. The summed E-state index contributed by atoms with van der Waals surface area (Å²) in [5.41, 5.74) is 0. The number of nitrogens with zero attached hydrogens (tertiary/aromatic N) is 2. The molecule has 0 bridgehead atoms. The summed E-state index contributed by atoms with van der Waals surface area (Å²) in [7, 11) is 0. The van der Waals surface area contributed by atoms with E-state index in [1.807, 2.05) is 6.07 Å². The molecule has 1 aliphatic carbocycles. The minimum absolute atomic E-state index is 0.0608. The Balaban J connectivity index is 1.68. The highest BCUT2D eigenvalue weighted by molar-refractivity contribution is 7.19. The summed E-state index contributed by atoms with van der Waals surface area (Å²) in [6, 6.07) is 4.84. The Morgan fingerprint density at radius 3 is 2.75 bits per heavy atom. The van der Waals surface area contributed by atoms with Gasteiger partial charge in [0, 0.05) is 17.0 Å². The lowest BCUT2D eigenvalue weighted by Crippen LogP contribution is -2.28. The van der Waals surface area contributed by atoms with Crippen LogP contribution in [-0.2, 0) is 4.79 Å². The van der Waals surface area contributed by atoms with Gasteiger partial charge in [0.25, 0.3) is 0 Å². The van der Waals surface area contributed by atoms with E-state index in [-0.39, 0.29) is 11.8 Å². The first-order valence-electron chi connectivity index (χ1n) is 9.43. The Morgan fingerprint density at radius 1 is 1.29 bits per heavy atom. The second kappa shape index (κ2) is 8.31. The van der Waals surface area contributed by atoms with E-state index in [9.17, 15) is 9.90 Å². The number of hydrogen-bond acceptors (Lipinski definition) is 4. The maximum atomic E-state index is 13.2. The average Bonchev–Trinajstić information content (AvgIpc) is 3.25. The van der Waals surface area contributed by atoms with E-state index < -0.39 is 6.04 Å². The van der Waals surface area contributed by atoms with Crippen LogP contribution in [0.5, 0.6) is 5.88 Å². The second-order valence-corrected chi connectivity index (χ2v) is 9.34. The molecule has 1 saturated carbocycles. The summed E-state index contributed by atoms with van der Waals surface area (Å²) >= 11 is 13.5. The van der Waals surface area contributed by atoms with Gasteiger partial charge in [-0.1, -0.05) is 72.7 Å². The normalized spacial score (nSPS) is 16.4. The van der Waals surface area contributed by atoms with E-state index in [2.05, 4.69) is 10.3 Å². The van der Waals surface area contributed by atoms with Crippen LogP contribution in [0, 0.1) is 5.92 Å². The SMILES string of the molecule is O=C(Nc1ncc(Cl)s1)[C@H](CC1CCCCC1)n1cc2c(Cl)cccc2c1O. The van der Waals surface area contributed by atoms with Crippen LogP contribution in [0.4, 0.5) is 5.13 Å². The lowest BCUT2D eigenvalue weighted by atomic mass is 9.84. The molecule has 2 aromatic heterocycles. The minimum Gasteiger partial charge on any atom is -0.494 e. The van der Waals surface area contributed by atoms with Crippen molar-refractivity contribution in [3.8, 4) is 5.88 Å². The maximum absolute atomic E-state index is 13.2. The predicted octanol–water partition coefficient (Wildman–Crippen LogP) is 6.26. The first kappa shape index (κ1) is 19.6. The maximum Gasteiger partial charge on any atom is 0.249 e.